The van der Waals surface area contributed by atoms with E-state index in [0.29, 0.717) is 44.9 Å². The first-order chi connectivity index (χ1) is 23.8. The van der Waals surface area contributed by atoms with E-state index in [1.807, 2.05) is 13.8 Å². The highest BCUT2D eigenvalue weighted by atomic mass is 79.9. The summed E-state index contributed by atoms with van der Waals surface area (Å²) in [5, 5.41) is 26.7. The third kappa shape index (κ3) is 7.09. The molecular formula is C33H35BrClN9O6. The van der Waals surface area contributed by atoms with Gasteiger partial charge in [0.05, 0.1) is 50.2 Å². The highest BCUT2D eigenvalue weighted by molar-refractivity contribution is 9.10. The van der Waals surface area contributed by atoms with Crippen LogP contribution in [0.3, 0.4) is 0 Å². The Kier molecular flexibility index (Phi) is 9.96. The van der Waals surface area contributed by atoms with Crippen molar-refractivity contribution in [2.24, 2.45) is 7.05 Å². The maximum atomic E-state index is 14.0. The summed E-state index contributed by atoms with van der Waals surface area (Å²) >= 11 is 10.0. The van der Waals surface area contributed by atoms with E-state index in [4.69, 9.17) is 16.3 Å². The zero-order chi connectivity index (χ0) is 35.9. The van der Waals surface area contributed by atoms with E-state index in [2.05, 4.69) is 42.0 Å². The van der Waals surface area contributed by atoms with Crippen molar-refractivity contribution in [2.75, 3.05) is 42.6 Å². The molecule has 2 aliphatic heterocycles. The second-order valence-electron chi connectivity index (χ2n) is 12.5. The van der Waals surface area contributed by atoms with E-state index in [-0.39, 0.29) is 47.7 Å². The first kappa shape index (κ1) is 35.0. The summed E-state index contributed by atoms with van der Waals surface area (Å²) in [6.07, 6.45) is 4.33. The maximum absolute atomic E-state index is 14.0. The van der Waals surface area contributed by atoms with Crippen molar-refractivity contribution in [3.63, 3.8) is 0 Å². The second-order valence-corrected chi connectivity index (χ2v) is 13.8. The number of pyridine rings is 1. The van der Waals surface area contributed by atoms with Gasteiger partial charge in [0, 0.05) is 74.3 Å². The lowest BCUT2D eigenvalue weighted by Crippen LogP contribution is -2.48. The van der Waals surface area contributed by atoms with Crippen LogP contribution in [-0.2, 0) is 16.6 Å². The van der Waals surface area contributed by atoms with Crippen molar-refractivity contribution in [2.45, 2.75) is 44.6 Å². The number of halogens is 2. The van der Waals surface area contributed by atoms with Gasteiger partial charge in [0.15, 0.2) is 0 Å². The van der Waals surface area contributed by atoms with Gasteiger partial charge >= 0.3 is 0 Å². The molecule has 0 radical (unpaired) electrons. The van der Waals surface area contributed by atoms with Crippen molar-refractivity contribution in [1.82, 2.24) is 24.6 Å². The molecule has 2 saturated heterocycles. The van der Waals surface area contributed by atoms with Crippen molar-refractivity contribution in [3.05, 3.63) is 79.7 Å². The van der Waals surface area contributed by atoms with Gasteiger partial charge in [0.25, 0.3) is 17.5 Å². The molecule has 50 heavy (non-hydrogen) atoms. The topological polar surface area (TPSA) is 177 Å². The Bertz CT molecular complexity index is 2000. The molecule has 0 bridgehead atoms. The summed E-state index contributed by atoms with van der Waals surface area (Å²) in [5.74, 6) is -1.39. The average molecular weight is 769 g/mol. The first-order valence-electron chi connectivity index (χ1n) is 15.9. The second kappa shape index (κ2) is 14.2. The third-order valence-electron chi connectivity index (χ3n) is 8.70. The van der Waals surface area contributed by atoms with Gasteiger partial charge in [-0.25, -0.2) is 0 Å². The molecule has 0 saturated carbocycles. The predicted molar refractivity (Wildman–Crippen MR) is 192 cm³/mol. The molecule has 6 rings (SSSR count). The third-order valence-corrected chi connectivity index (χ3v) is 9.56. The molecule has 262 valence electrons. The number of nitrogens with zero attached hydrogens (tertiary/aromatic N) is 6. The lowest BCUT2D eigenvalue weighted by atomic mass is 10.1. The number of hydrogen-bond acceptors (Lipinski definition) is 10. The normalized spacial score (nSPS) is 20.5. The van der Waals surface area contributed by atoms with Gasteiger partial charge in [0.2, 0.25) is 5.91 Å². The van der Waals surface area contributed by atoms with Gasteiger partial charge in [-0.2, -0.15) is 5.10 Å². The molecule has 2 aromatic heterocycles. The number of nitrogens with one attached hydrogen (secondary N) is 3. The van der Waals surface area contributed by atoms with E-state index in [1.54, 1.807) is 54.3 Å². The number of likely N-dealkylation sites (tertiary alicyclic amines) is 1. The van der Waals surface area contributed by atoms with Gasteiger partial charge in [0.1, 0.15) is 11.7 Å². The lowest BCUT2D eigenvalue weighted by molar-refractivity contribution is -0.384. The molecule has 4 aromatic rings. The largest absolute Gasteiger partial charge is 0.387 e. The van der Waals surface area contributed by atoms with E-state index in [0.717, 1.165) is 0 Å². The number of hydrogen-bond donors (Lipinski definition) is 3. The van der Waals surface area contributed by atoms with Crippen LogP contribution in [-0.4, -0.2) is 98.2 Å². The van der Waals surface area contributed by atoms with Gasteiger partial charge < -0.3 is 30.5 Å². The number of anilines is 3. The standard InChI is InChI=1S/C33H35BrClN9O6/c1-17-13-42(14-18(2)50-17)33(47)23-8-20(34)9-27(44(48)49)30(23)38-22-10-28(43(15-22)32(46)19-7-21(36-3)12-37-11-19)31(45)39-26-6-5-25-24(29(26)35)16-41(4)40-25/h5-9,11-12,16-18,22,28,36,38H,10,13-15H2,1-4H3,(H,39,45)/t17-,18+,22-,28+/m1/s1. The quantitative estimate of drug-likeness (QED) is 0.165. The molecule has 4 atom stereocenters. The SMILES string of the molecule is CNc1cncc(C(=O)N2C[C@H](Nc3c(C(=O)N4C[C@@H](C)O[C@@H](C)C4)cc(Br)cc3[N+](=O)[O-])C[C@H]2C(=O)Nc2ccc3nn(C)cc3c2Cl)c1. The zero-order valence-corrected chi connectivity index (χ0v) is 30.0. The highest BCUT2D eigenvalue weighted by Gasteiger charge is 2.42. The minimum Gasteiger partial charge on any atom is -0.387 e. The molecule has 15 nitrogen and oxygen atoms in total. The van der Waals surface area contributed by atoms with E-state index in [9.17, 15) is 24.5 Å². The number of fused-ring (bicyclic) bond motifs is 1. The number of aromatic nitrogens is 3. The molecule has 17 heteroatoms. The van der Waals surface area contributed by atoms with E-state index >= 15 is 0 Å². The summed E-state index contributed by atoms with van der Waals surface area (Å²) in [6, 6.07) is 6.17. The fourth-order valence-electron chi connectivity index (χ4n) is 6.54. The number of nitro benzene ring substituents is 1. The van der Waals surface area contributed by atoms with Crippen LogP contribution in [0.1, 0.15) is 41.0 Å². The minimum absolute atomic E-state index is 0.00243. The molecule has 2 fully saturated rings. The Labute approximate surface area is 300 Å². The van der Waals surface area contributed by atoms with Gasteiger partial charge in [-0.3, -0.25) is 34.2 Å². The number of benzene rings is 2. The Morgan fingerprint density at radius 3 is 2.52 bits per heavy atom. The summed E-state index contributed by atoms with van der Waals surface area (Å²) < 4.78 is 7.76. The number of morpholine rings is 1. The van der Waals surface area contributed by atoms with Crippen LogP contribution < -0.4 is 16.0 Å². The summed E-state index contributed by atoms with van der Waals surface area (Å²) in [6.45, 7) is 4.33. The van der Waals surface area contributed by atoms with Gasteiger partial charge in [-0.15, -0.1) is 0 Å². The van der Waals surface area contributed by atoms with Crippen LogP contribution in [0.4, 0.5) is 22.7 Å². The first-order valence-corrected chi connectivity index (χ1v) is 17.1. The highest BCUT2D eigenvalue weighted by Crippen LogP contribution is 2.37. The van der Waals surface area contributed by atoms with Crippen LogP contribution in [0.2, 0.25) is 5.02 Å². The molecule has 2 aliphatic rings. The van der Waals surface area contributed by atoms with E-state index in [1.165, 1.54) is 23.2 Å². The predicted octanol–water partition coefficient (Wildman–Crippen LogP) is 4.92. The zero-order valence-electron chi connectivity index (χ0n) is 27.6. The Balaban J connectivity index is 1.34. The number of amides is 3. The Hall–Kier alpha value is -4.80. The number of carbonyl (C=O) groups excluding carboxylic acids is 3. The molecule has 0 aliphatic carbocycles. The van der Waals surface area contributed by atoms with Crippen molar-refractivity contribution < 1.29 is 24.0 Å². The van der Waals surface area contributed by atoms with Crippen LogP contribution in [0.15, 0.2) is 53.4 Å². The summed E-state index contributed by atoms with van der Waals surface area (Å²) in [4.78, 5) is 61.0. The molecule has 3 amide bonds. The fraction of sp³-hybridized carbons (Fsp3) is 0.364. The molecule has 2 aromatic carbocycles. The molecule has 0 spiro atoms. The van der Waals surface area contributed by atoms with Crippen LogP contribution in [0.5, 0.6) is 0 Å². The molecule has 3 N–H and O–H groups in total. The summed E-state index contributed by atoms with van der Waals surface area (Å²) in [5.41, 5.74) is 1.58. The van der Waals surface area contributed by atoms with Gasteiger partial charge in [-0.05, 0) is 44.5 Å². The maximum Gasteiger partial charge on any atom is 0.294 e. The van der Waals surface area contributed by atoms with Crippen molar-refractivity contribution in [3.8, 4) is 0 Å². The van der Waals surface area contributed by atoms with Crippen LogP contribution in [0, 0.1) is 10.1 Å². The number of carbonyl (C=O) groups is 3. The average Bonchev–Trinajstić information content (AvgIpc) is 3.69. The summed E-state index contributed by atoms with van der Waals surface area (Å²) in [7, 11) is 3.46. The molecule has 0 unspecified atom stereocenters. The van der Waals surface area contributed by atoms with E-state index < -0.39 is 34.7 Å². The minimum atomic E-state index is -1.02. The Morgan fingerprint density at radius 2 is 1.82 bits per heavy atom. The van der Waals surface area contributed by atoms with Gasteiger partial charge in [-0.1, -0.05) is 27.5 Å². The van der Waals surface area contributed by atoms with Crippen molar-refractivity contribution in [1.29, 1.82) is 0 Å². The smallest absolute Gasteiger partial charge is 0.294 e. The Morgan fingerprint density at radius 1 is 1.08 bits per heavy atom. The number of nitro groups is 1. The molecule has 4 heterocycles. The monoisotopic (exact) mass is 767 g/mol. The fourth-order valence-corrected chi connectivity index (χ4v) is 7.24. The van der Waals surface area contributed by atoms with Crippen LogP contribution in [0.25, 0.3) is 10.9 Å². The number of ether oxygens (including phenoxy) is 1. The number of rotatable bonds is 8. The van der Waals surface area contributed by atoms with Crippen LogP contribution >= 0.6 is 27.5 Å². The molecular weight excluding hydrogens is 734 g/mol. The number of aryl methyl sites for hydroxylation is 1. The van der Waals surface area contributed by atoms with Crippen molar-refractivity contribution >= 4 is 78.9 Å². The lowest BCUT2D eigenvalue weighted by Gasteiger charge is -2.35.